The van der Waals surface area contributed by atoms with E-state index in [0.29, 0.717) is 6.54 Å². The molecule has 0 aliphatic carbocycles. The molecule has 0 spiro atoms. The third-order valence-corrected chi connectivity index (χ3v) is 6.30. The van der Waals surface area contributed by atoms with E-state index < -0.39 is 17.4 Å². The first-order chi connectivity index (χ1) is 16.4. The fraction of sp³-hybridized carbons (Fsp3) is 0.308. The lowest BCUT2D eigenvalue weighted by molar-refractivity contribution is -0.133. The monoisotopic (exact) mass is 460 g/mol. The van der Waals surface area contributed by atoms with Crippen molar-refractivity contribution in [3.05, 3.63) is 89.0 Å². The van der Waals surface area contributed by atoms with Gasteiger partial charge in [0.05, 0.1) is 20.0 Å². The molecule has 2 amide bonds. The van der Waals surface area contributed by atoms with Gasteiger partial charge in [-0.25, -0.2) is 9.78 Å². The number of methoxy groups -OCH3 is 1. The van der Waals surface area contributed by atoms with E-state index in [1.54, 1.807) is 11.5 Å². The van der Waals surface area contributed by atoms with Crippen molar-refractivity contribution in [2.24, 2.45) is 0 Å². The number of carbonyl (C=O) groups is 3. The van der Waals surface area contributed by atoms with Gasteiger partial charge in [-0.15, -0.1) is 0 Å². The normalized spacial score (nSPS) is 17.3. The minimum atomic E-state index is -1.20. The zero-order valence-corrected chi connectivity index (χ0v) is 19.6. The predicted molar refractivity (Wildman–Crippen MR) is 126 cm³/mol. The van der Waals surface area contributed by atoms with Gasteiger partial charge in [-0.05, 0) is 30.0 Å². The number of rotatable bonds is 7. The number of nitrogens with zero attached hydrogens (tertiary/aromatic N) is 3. The number of imidazole rings is 1. The average Bonchev–Trinajstić information content (AvgIpc) is 3.29. The Bertz CT molecular complexity index is 1200. The van der Waals surface area contributed by atoms with Crippen LogP contribution in [0.1, 0.15) is 51.5 Å². The van der Waals surface area contributed by atoms with Gasteiger partial charge in [0.15, 0.2) is 5.69 Å². The number of amides is 2. The van der Waals surface area contributed by atoms with Crippen LogP contribution in [0.2, 0.25) is 0 Å². The Labute approximate surface area is 198 Å². The number of esters is 1. The summed E-state index contributed by atoms with van der Waals surface area (Å²) >= 11 is 0. The first-order valence-electron chi connectivity index (χ1n) is 11.2. The molecule has 176 valence electrons. The van der Waals surface area contributed by atoms with Crippen LogP contribution in [0.25, 0.3) is 0 Å². The molecule has 1 aromatic heterocycles. The highest BCUT2D eigenvalue weighted by Gasteiger charge is 2.48. The molecule has 4 rings (SSSR count). The van der Waals surface area contributed by atoms with Crippen molar-refractivity contribution < 1.29 is 19.1 Å². The molecule has 1 aliphatic heterocycles. The van der Waals surface area contributed by atoms with Crippen LogP contribution in [-0.4, -0.2) is 44.9 Å². The van der Waals surface area contributed by atoms with Crippen LogP contribution in [0, 0.1) is 0 Å². The van der Waals surface area contributed by atoms with Crippen molar-refractivity contribution >= 4 is 17.8 Å². The molecule has 2 aromatic carbocycles. The van der Waals surface area contributed by atoms with Gasteiger partial charge in [0.2, 0.25) is 5.91 Å². The van der Waals surface area contributed by atoms with E-state index in [2.05, 4.69) is 17.2 Å². The third kappa shape index (κ3) is 4.31. The highest BCUT2D eigenvalue weighted by molar-refractivity contribution is 6.06. The highest BCUT2D eigenvalue weighted by Crippen LogP contribution is 2.31. The van der Waals surface area contributed by atoms with Crippen molar-refractivity contribution in [1.29, 1.82) is 0 Å². The molecule has 1 atom stereocenters. The molecular weight excluding hydrogens is 432 g/mol. The predicted octanol–water partition coefficient (Wildman–Crippen LogP) is 2.96. The molecule has 0 radical (unpaired) electrons. The van der Waals surface area contributed by atoms with Crippen molar-refractivity contribution in [2.75, 3.05) is 7.11 Å². The summed E-state index contributed by atoms with van der Waals surface area (Å²) in [4.78, 5) is 45.1. The molecule has 0 fully saturated rings. The zero-order chi connectivity index (χ0) is 24.3. The van der Waals surface area contributed by atoms with Gasteiger partial charge in [0.1, 0.15) is 11.2 Å². The van der Waals surface area contributed by atoms with Crippen LogP contribution in [0.5, 0.6) is 0 Å². The number of ether oxygens (including phenoxy) is 1. The second-order valence-corrected chi connectivity index (χ2v) is 8.56. The Morgan fingerprint density at radius 1 is 1.06 bits per heavy atom. The van der Waals surface area contributed by atoms with Gasteiger partial charge in [0.25, 0.3) is 5.91 Å². The van der Waals surface area contributed by atoms with Gasteiger partial charge in [-0.3, -0.25) is 9.59 Å². The fourth-order valence-corrected chi connectivity index (χ4v) is 4.21. The van der Waals surface area contributed by atoms with Crippen molar-refractivity contribution in [3.63, 3.8) is 0 Å². The first kappa shape index (κ1) is 23.2. The summed E-state index contributed by atoms with van der Waals surface area (Å²) < 4.78 is 6.37. The van der Waals surface area contributed by atoms with E-state index in [9.17, 15) is 14.4 Å². The number of hydrogen-bond donors (Lipinski definition) is 1. The Morgan fingerprint density at radius 2 is 1.74 bits per heavy atom. The number of aryl methyl sites for hydroxylation is 1. The quantitative estimate of drug-likeness (QED) is 0.547. The van der Waals surface area contributed by atoms with Crippen molar-refractivity contribution in [1.82, 2.24) is 19.8 Å². The van der Waals surface area contributed by atoms with E-state index in [4.69, 9.17) is 4.74 Å². The third-order valence-electron chi connectivity index (χ3n) is 6.30. The number of benzene rings is 2. The maximum atomic E-state index is 13.7. The summed E-state index contributed by atoms with van der Waals surface area (Å²) in [5.74, 6) is -1.42. The molecule has 8 nitrogen and oxygen atoms in total. The van der Waals surface area contributed by atoms with Crippen LogP contribution in [-0.2, 0) is 35.6 Å². The van der Waals surface area contributed by atoms with Crippen molar-refractivity contribution in [2.45, 2.75) is 45.4 Å². The Kier molecular flexibility index (Phi) is 6.49. The summed E-state index contributed by atoms with van der Waals surface area (Å²) in [5, 5.41) is 2.98. The van der Waals surface area contributed by atoms with Crippen LogP contribution < -0.4 is 5.32 Å². The van der Waals surface area contributed by atoms with E-state index in [-0.39, 0.29) is 30.4 Å². The van der Waals surface area contributed by atoms with Gasteiger partial charge in [0, 0.05) is 13.1 Å². The van der Waals surface area contributed by atoms with Gasteiger partial charge >= 0.3 is 5.97 Å². The second-order valence-electron chi connectivity index (χ2n) is 8.56. The lowest BCUT2D eigenvalue weighted by Gasteiger charge is -2.43. The van der Waals surface area contributed by atoms with E-state index in [0.717, 1.165) is 17.5 Å². The number of carbonyl (C=O) groups excluding carboxylic acids is 3. The van der Waals surface area contributed by atoms with Crippen molar-refractivity contribution in [3.8, 4) is 0 Å². The first-order valence-corrected chi connectivity index (χ1v) is 11.2. The smallest absolute Gasteiger partial charge is 0.359 e. The molecule has 0 bridgehead atoms. The van der Waals surface area contributed by atoms with Crippen LogP contribution in [0.3, 0.4) is 0 Å². The summed E-state index contributed by atoms with van der Waals surface area (Å²) in [5.41, 5.74) is 1.91. The van der Waals surface area contributed by atoms with Crippen LogP contribution >= 0.6 is 0 Å². The van der Waals surface area contributed by atoms with Crippen LogP contribution in [0.4, 0.5) is 0 Å². The van der Waals surface area contributed by atoms with E-state index >= 15 is 0 Å². The maximum absolute atomic E-state index is 13.7. The number of fused-ring (bicyclic) bond motifs is 1. The minimum absolute atomic E-state index is 0.0504. The molecule has 3 aromatic rings. The molecular formula is C26H28N4O4. The second kappa shape index (κ2) is 9.51. The molecule has 0 saturated carbocycles. The van der Waals surface area contributed by atoms with Gasteiger partial charge in [-0.1, -0.05) is 61.5 Å². The largest absolute Gasteiger partial charge is 0.464 e. The molecule has 8 heteroatoms. The fourth-order valence-electron chi connectivity index (χ4n) is 4.21. The molecule has 1 aliphatic rings. The van der Waals surface area contributed by atoms with E-state index in [1.807, 2.05) is 54.6 Å². The Morgan fingerprint density at radius 3 is 2.38 bits per heavy atom. The number of hydrogen-bond acceptors (Lipinski definition) is 5. The summed E-state index contributed by atoms with van der Waals surface area (Å²) in [6.45, 7) is 4.53. The van der Waals surface area contributed by atoms with Gasteiger partial charge in [-0.2, -0.15) is 0 Å². The minimum Gasteiger partial charge on any atom is -0.464 e. The summed E-state index contributed by atoms with van der Waals surface area (Å²) in [6, 6.07) is 17.5. The summed E-state index contributed by atoms with van der Waals surface area (Å²) in [7, 11) is 1.25. The standard InChI is InChI=1S/C26H28N4O4/c1-4-18-10-12-20(13-11-18)15-30-23(31)22-21(24(32)34-3)28-17-29(22)16-26(30,2)25(33)27-14-19-8-6-5-7-9-19/h5-13,17H,4,14-16H2,1-3H3,(H,27,33)/t26-/m0/s1. The Balaban J connectivity index is 1.69. The maximum Gasteiger partial charge on any atom is 0.359 e. The summed E-state index contributed by atoms with van der Waals surface area (Å²) in [6.07, 6.45) is 2.32. The molecule has 1 N–H and O–H groups in total. The average molecular weight is 461 g/mol. The molecule has 2 heterocycles. The zero-order valence-electron chi connectivity index (χ0n) is 19.6. The topological polar surface area (TPSA) is 93.5 Å². The SMILES string of the molecule is CCc1ccc(CN2C(=O)c3c(C(=O)OC)ncn3C[C@@]2(C)C(=O)NCc2ccccc2)cc1. The molecule has 34 heavy (non-hydrogen) atoms. The van der Waals surface area contributed by atoms with Gasteiger partial charge < -0.3 is 19.5 Å². The highest BCUT2D eigenvalue weighted by atomic mass is 16.5. The number of nitrogens with one attached hydrogen (secondary N) is 1. The lowest BCUT2D eigenvalue weighted by Crippen LogP contribution is -2.63. The molecule has 0 unspecified atom stereocenters. The number of aromatic nitrogens is 2. The lowest BCUT2D eigenvalue weighted by atomic mass is 9.93. The van der Waals surface area contributed by atoms with E-state index in [1.165, 1.54) is 23.9 Å². The molecule has 0 saturated heterocycles. The van der Waals surface area contributed by atoms with Crippen LogP contribution in [0.15, 0.2) is 60.9 Å². The Hall–Kier alpha value is -3.94.